The molecule has 0 unspecified atom stereocenters. The fourth-order valence-electron chi connectivity index (χ4n) is 0.389. The molecule has 1 N–H and O–H groups in total. The lowest BCUT2D eigenvalue weighted by Crippen LogP contribution is -1.83. The Hall–Kier alpha value is -0.890. The van der Waals surface area contributed by atoms with Crippen molar-refractivity contribution in [3.63, 3.8) is 0 Å². The zero-order valence-corrected chi connectivity index (χ0v) is 5.54. The Morgan fingerprint density at radius 1 is 1.78 bits per heavy atom. The van der Waals surface area contributed by atoms with Crippen molar-refractivity contribution in [1.29, 1.82) is 0 Å². The van der Waals surface area contributed by atoms with E-state index >= 15 is 0 Å². The zero-order valence-electron chi connectivity index (χ0n) is 5.54. The summed E-state index contributed by atoms with van der Waals surface area (Å²) >= 11 is 0. The molecule has 0 fully saturated rings. The first-order valence-electron chi connectivity index (χ1n) is 2.73. The highest BCUT2D eigenvalue weighted by Crippen LogP contribution is 1.93. The second kappa shape index (κ2) is 5.25. The maximum Gasteiger partial charge on any atom is 0.0679 e. The van der Waals surface area contributed by atoms with Gasteiger partial charge in [0.05, 0.1) is 6.61 Å². The second-order valence-corrected chi connectivity index (χ2v) is 1.52. The average Bonchev–Trinajstić information content (AvgIpc) is 1.91. The maximum atomic E-state index is 8.57. The van der Waals surface area contributed by atoms with Gasteiger partial charge in [-0.1, -0.05) is 6.08 Å². The highest BCUT2D eigenvalue weighted by atomic mass is 16.3. The molecule has 0 rings (SSSR count). The van der Waals surface area contributed by atoms with Crippen LogP contribution in [-0.2, 0) is 0 Å². The lowest BCUT2D eigenvalue weighted by Gasteiger charge is -1.89. The van der Waals surface area contributed by atoms with E-state index in [-0.39, 0.29) is 6.61 Å². The predicted octanol–water partition coefficient (Wildman–Crippen LogP) is 1.14. The fraction of sp³-hybridized carbons (Fsp3) is 0.286. The van der Waals surface area contributed by atoms with E-state index in [1.165, 1.54) is 0 Å². The highest BCUT2D eigenvalue weighted by molar-refractivity contribution is 5.27. The van der Waals surface area contributed by atoms with Gasteiger partial charge < -0.3 is 5.11 Å². The fourth-order valence-corrected chi connectivity index (χ4v) is 0.389. The molecule has 0 aliphatic heterocycles. The minimum Gasteiger partial charge on any atom is -0.392 e. The SMILES string of the molecule is C=N/C=C\C(=C/C)CO. The van der Waals surface area contributed by atoms with Gasteiger partial charge >= 0.3 is 0 Å². The Balaban J connectivity index is 3.84. The quantitative estimate of drug-likeness (QED) is 0.445. The van der Waals surface area contributed by atoms with E-state index in [0.29, 0.717) is 0 Å². The molecule has 0 saturated carbocycles. The molecule has 50 valence electrons. The maximum absolute atomic E-state index is 8.57. The van der Waals surface area contributed by atoms with Crippen LogP contribution in [0.2, 0.25) is 0 Å². The average molecular weight is 125 g/mol. The minimum absolute atomic E-state index is 0.0581. The van der Waals surface area contributed by atoms with Crippen LogP contribution in [0, 0.1) is 0 Å². The number of hydrogen-bond acceptors (Lipinski definition) is 2. The zero-order chi connectivity index (χ0) is 7.11. The molecule has 0 radical (unpaired) electrons. The number of nitrogens with zero attached hydrogens (tertiary/aromatic N) is 1. The molecule has 0 aromatic rings. The topological polar surface area (TPSA) is 32.6 Å². The first kappa shape index (κ1) is 8.11. The summed E-state index contributed by atoms with van der Waals surface area (Å²) in [6, 6.07) is 0. The highest BCUT2D eigenvalue weighted by Gasteiger charge is 1.82. The molecule has 0 spiro atoms. The normalized spacial score (nSPS) is 12.4. The molecular formula is C7H11NO. The summed E-state index contributed by atoms with van der Waals surface area (Å²) in [7, 11) is 0. The van der Waals surface area contributed by atoms with Gasteiger partial charge in [-0.15, -0.1) is 0 Å². The molecule has 0 aliphatic carbocycles. The smallest absolute Gasteiger partial charge is 0.0679 e. The number of aliphatic hydroxyl groups is 1. The van der Waals surface area contributed by atoms with Crippen LogP contribution < -0.4 is 0 Å². The van der Waals surface area contributed by atoms with Crippen LogP contribution in [0.4, 0.5) is 0 Å². The monoisotopic (exact) mass is 125 g/mol. The molecule has 2 nitrogen and oxygen atoms in total. The van der Waals surface area contributed by atoms with E-state index in [2.05, 4.69) is 11.7 Å². The van der Waals surface area contributed by atoms with Gasteiger partial charge in [0.25, 0.3) is 0 Å². The van der Waals surface area contributed by atoms with E-state index in [9.17, 15) is 0 Å². The largest absolute Gasteiger partial charge is 0.392 e. The molecule has 0 bridgehead atoms. The predicted molar refractivity (Wildman–Crippen MR) is 39.5 cm³/mol. The number of hydrogen-bond donors (Lipinski definition) is 1. The van der Waals surface area contributed by atoms with E-state index in [4.69, 9.17) is 5.11 Å². The molecule has 0 aliphatic rings. The van der Waals surface area contributed by atoms with Crippen LogP contribution in [0.25, 0.3) is 0 Å². The van der Waals surface area contributed by atoms with Gasteiger partial charge in [0, 0.05) is 6.20 Å². The molecule has 0 aromatic heterocycles. The number of rotatable bonds is 3. The van der Waals surface area contributed by atoms with Crippen molar-refractivity contribution in [2.45, 2.75) is 6.92 Å². The molecule has 0 amide bonds. The molecule has 0 saturated heterocycles. The van der Waals surface area contributed by atoms with Crippen molar-refractivity contribution in [1.82, 2.24) is 0 Å². The third kappa shape index (κ3) is 3.67. The van der Waals surface area contributed by atoms with Gasteiger partial charge in [0.15, 0.2) is 0 Å². The lowest BCUT2D eigenvalue weighted by atomic mass is 10.3. The Morgan fingerprint density at radius 2 is 2.44 bits per heavy atom. The van der Waals surface area contributed by atoms with Crippen molar-refractivity contribution in [2.75, 3.05) is 6.61 Å². The Bertz CT molecular complexity index is 136. The standard InChI is InChI=1S/C7H11NO/c1-3-7(6-9)4-5-8-2/h3-5,9H,2,6H2,1H3/b5-4-,7-3+. The molecule has 0 atom stereocenters. The second-order valence-electron chi connectivity index (χ2n) is 1.52. The Kier molecular flexibility index (Phi) is 4.73. The van der Waals surface area contributed by atoms with Gasteiger partial charge in [-0.3, -0.25) is 4.99 Å². The summed E-state index contributed by atoms with van der Waals surface area (Å²) in [4.78, 5) is 3.49. The minimum atomic E-state index is 0.0581. The molecule has 9 heavy (non-hydrogen) atoms. The summed E-state index contributed by atoms with van der Waals surface area (Å²) < 4.78 is 0. The van der Waals surface area contributed by atoms with Gasteiger partial charge in [-0.2, -0.15) is 0 Å². The van der Waals surface area contributed by atoms with E-state index in [0.717, 1.165) is 5.57 Å². The summed E-state index contributed by atoms with van der Waals surface area (Å²) in [5.41, 5.74) is 0.849. The van der Waals surface area contributed by atoms with Crippen LogP contribution in [0.5, 0.6) is 0 Å². The van der Waals surface area contributed by atoms with Gasteiger partial charge in [0.1, 0.15) is 0 Å². The Morgan fingerprint density at radius 3 is 2.78 bits per heavy atom. The third-order valence-electron chi connectivity index (χ3n) is 0.947. The summed E-state index contributed by atoms with van der Waals surface area (Å²) in [5.74, 6) is 0. The van der Waals surface area contributed by atoms with E-state index in [1.807, 2.05) is 13.0 Å². The van der Waals surface area contributed by atoms with Crippen molar-refractivity contribution < 1.29 is 5.11 Å². The first-order valence-corrected chi connectivity index (χ1v) is 2.73. The van der Waals surface area contributed by atoms with Crippen LogP contribution in [0.3, 0.4) is 0 Å². The van der Waals surface area contributed by atoms with E-state index in [1.54, 1.807) is 12.3 Å². The Labute approximate surface area is 55.2 Å². The van der Waals surface area contributed by atoms with Crippen molar-refractivity contribution >= 4 is 6.72 Å². The first-order chi connectivity index (χ1) is 4.35. The molecule has 0 aromatic carbocycles. The number of aliphatic imine (C=N–C) groups is 1. The molecular weight excluding hydrogens is 114 g/mol. The van der Waals surface area contributed by atoms with Gasteiger partial charge in [-0.05, 0) is 25.3 Å². The van der Waals surface area contributed by atoms with Crippen molar-refractivity contribution in [2.24, 2.45) is 4.99 Å². The number of allylic oxidation sites excluding steroid dienone is 1. The number of aliphatic hydroxyl groups excluding tert-OH is 1. The van der Waals surface area contributed by atoms with Crippen molar-refractivity contribution in [3.8, 4) is 0 Å². The molecule has 2 heteroatoms. The summed E-state index contributed by atoms with van der Waals surface area (Å²) in [6.45, 7) is 5.17. The van der Waals surface area contributed by atoms with E-state index < -0.39 is 0 Å². The van der Waals surface area contributed by atoms with Crippen molar-refractivity contribution in [3.05, 3.63) is 23.9 Å². The third-order valence-corrected chi connectivity index (χ3v) is 0.947. The lowest BCUT2D eigenvalue weighted by molar-refractivity contribution is 0.335. The van der Waals surface area contributed by atoms with Crippen LogP contribution >= 0.6 is 0 Å². The van der Waals surface area contributed by atoms with Gasteiger partial charge in [-0.25, -0.2) is 0 Å². The van der Waals surface area contributed by atoms with Crippen LogP contribution in [-0.4, -0.2) is 18.4 Å². The molecule has 0 heterocycles. The van der Waals surface area contributed by atoms with Crippen LogP contribution in [0.1, 0.15) is 6.92 Å². The summed E-state index contributed by atoms with van der Waals surface area (Å²) in [6.07, 6.45) is 5.08. The summed E-state index contributed by atoms with van der Waals surface area (Å²) in [5, 5.41) is 8.57. The van der Waals surface area contributed by atoms with Crippen LogP contribution in [0.15, 0.2) is 28.9 Å². The van der Waals surface area contributed by atoms with Gasteiger partial charge in [0.2, 0.25) is 0 Å².